The fraction of sp³-hybridized carbons (Fsp3) is 0.0268. The Hall–Kier alpha value is -15.3. The Kier molecular flexibility index (Phi) is 15.6. The van der Waals surface area contributed by atoms with Crippen LogP contribution in [0.3, 0.4) is 0 Å². The fourth-order valence-corrected chi connectivity index (χ4v) is 21.8. The summed E-state index contributed by atoms with van der Waals surface area (Å²) in [6, 6.07) is 142. The van der Waals surface area contributed by atoms with Gasteiger partial charge in [0.1, 0.15) is 0 Å². The lowest BCUT2D eigenvalue weighted by Gasteiger charge is -2.21. The molecule has 0 amide bonds. The molecule has 122 heavy (non-hydrogen) atoms. The number of nitrogens with zero attached hydrogens (tertiary/aromatic N) is 8. The first-order valence-corrected chi connectivity index (χ1v) is 43.1. The molecule has 0 saturated heterocycles. The predicted octanol–water partition coefficient (Wildman–Crippen LogP) is 30.0. The molecule has 0 saturated carbocycles. The Bertz CT molecular complexity index is 8410. The van der Waals surface area contributed by atoms with Gasteiger partial charge in [0.05, 0.1) is 44.5 Å². The summed E-state index contributed by atoms with van der Waals surface area (Å²) in [7, 11) is 0. The monoisotopic (exact) mass is 1590 g/mol. The van der Waals surface area contributed by atoms with Crippen LogP contribution in [0.15, 0.2) is 388 Å². The number of fused-ring (bicyclic) bond motifs is 18. The van der Waals surface area contributed by atoms with Crippen LogP contribution in [0.1, 0.15) is 25.0 Å². The molecule has 0 aliphatic heterocycles. The minimum Gasteiger partial charge on any atom is -0.309 e. The standard InChI is InChI=1S/C112H70N8S2/c1-112(2)94-41-20-15-36-80(94)86-64-89-82-38-17-22-43-99(82)120(103(89)65-95(86)112)79-61-91-85-40-19-23-44-104(85)121-106(91)92(63-79)110-113-96(69-28-9-4-10-29-69)66-97(114-110)76-35-25-34-72(56-76)68-46-51-77(52-47-68)118-100-54-49-74(58-88(100)83-53-48-75(59-102(83)118)67-26-7-3-8-27-67)73-50-55-101-87(57-73)81-37-16-21-42-98(81)119(101)78-60-90-84-39-18-24-45-105(84)122-107(90)93(62-78)111-116-108(70-30-11-5-12-31-70)115-109(117-111)71-32-13-6-14-33-71/h3-66H,1-2H3. The van der Waals surface area contributed by atoms with E-state index in [0.717, 1.165) is 137 Å². The van der Waals surface area contributed by atoms with Gasteiger partial charge in [-0.25, -0.2) is 24.9 Å². The molecule has 0 radical (unpaired) electrons. The maximum Gasteiger partial charge on any atom is 0.165 e. The van der Waals surface area contributed by atoms with E-state index in [1.54, 1.807) is 11.3 Å². The maximum absolute atomic E-state index is 5.71. The quantitative estimate of drug-likeness (QED) is 0.122. The van der Waals surface area contributed by atoms with Crippen molar-refractivity contribution in [3.8, 4) is 130 Å². The van der Waals surface area contributed by atoms with Gasteiger partial charge in [0.15, 0.2) is 23.3 Å². The minimum absolute atomic E-state index is 0.178. The van der Waals surface area contributed by atoms with Crippen LogP contribution < -0.4 is 0 Å². The van der Waals surface area contributed by atoms with Gasteiger partial charge in [-0.1, -0.05) is 287 Å². The Labute approximate surface area is 710 Å². The first-order chi connectivity index (χ1) is 60.2. The van der Waals surface area contributed by atoms with Gasteiger partial charge < -0.3 is 13.7 Å². The van der Waals surface area contributed by atoms with Gasteiger partial charge >= 0.3 is 0 Å². The molecule has 17 aromatic carbocycles. The van der Waals surface area contributed by atoms with Gasteiger partial charge in [0.2, 0.25) is 0 Å². The Morgan fingerprint density at radius 2 is 0.607 bits per heavy atom. The van der Waals surface area contributed by atoms with E-state index in [2.05, 4.69) is 379 Å². The lowest BCUT2D eigenvalue weighted by molar-refractivity contribution is 0.661. The summed E-state index contributed by atoms with van der Waals surface area (Å²) >= 11 is 3.60. The third-order valence-electron chi connectivity index (χ3n) is 25.3. The molecular formula is C112H70N8S2. The molecule has 0 bridgehead atoms. The number of benzene rings is 17. The summed E-state index contributed by atoms with van der Waals surface area (Å²) < 4.78 is 12.1. The summed E-state index contributed by atoms with van der Waals surface area (Å²) in [5, 5.41) is 11.9. The zero-order chi connectivity index (χ0) is 80.4. The summed E-state index contributed by atoms with van der Waals surface area (Å²) in [6.07, 6.45) is 0. The lowest BCUT2D eigenvalue weighted by atomic mass is 9.82. The molecule has 0 atom stereocenters. The average molecular weight is 1590 g/mol. The van der Waals surface area contributed by atoms with E-state index >= 15 is 0 Å². The highest BCUT2D eigenvalue weighted by atomic mass is 32.1. The molecule has 7 heterocycles. The van der Waals surface area contributed by atoms with Crippen molar-refractivity contribution in [2.45, 2.75) is 19.3 Å². The molecule has 0 N–H and O–H groups in total. The third kappa shape index (κ3) is 11.1. The molecule has 10 heteroatoms. The molecule has 8 nitrogen and oxygen atoms in total. The van der Waals surface area contributed by atoms with Crippen molar-refractivity contribution in [1.29, 1.82) is 0 Å². The SMILES string of the molecule is CC1(C)c2ccccc2-c2cc3c4ccccc4n(-c4cc(-c5nc(-c6ccccc6)cc(-c6cccc(-c7ccc(-n8c9ccc(-c%10ccc%11c(c%10)c%10ccccc%10n%11-c%10cc(-c%11nc(-c%12ccccc%12)nc(-c%12ccccc%12)n%11)c%11sc%12ccccc%12c%11c%10)cc9c9ccc(-c%10ccccc%10)cc98)cc7)c6)n5)c5sc6ccccc6c5c4)c3cc21. The van der Waals surface area contributed by atoms with E-state index in [0.29, 0.717) is 23.3 Å². The van der Waals surface area contributed by atoms with E-state index in [1.807, 2.05) is 47.7 Å². The van der Waals surface area contributed by atoms with Crippen molar-refractivity contribution in [3.63, 3.8) is 0 Å². The van der Waals surface area contributed by atoms with Crippen LogP contribution in [0.4, 0.5) is 0 Å². The molecule has 570 valence electrons. The second-order valence-electron chi connectivity index (χ2n) is 32.6. The van der Waals surface area contributed by atoms with Gasteiger partial charge in [0, 0.05) is 129 Å². The smallest absolute Gasteiger partial charge is 0.165 e. The number of hydrogen-bond donors (Lipinski definition) is 0. The summed E-state index contributed by atoms with van der Waals surface area (Å²) in [6.45, 7) is 4.74. The fourth-order valence-electron chi connectivity index (χ4n) is 19.4. The highest BCUT2D eigenvalue weighted by molar-refractivity contribution is 7.26. The van der Waals surface area contributed by atoms with Crippen molar-refractivity contribution in [2.75, 3.05) is 0 Å². The third-order valence-corrected chi connectivity index (χ3v) is 27.7. The number of aromatic nitrogens is 8. The molecule has 1 aliphatic rings. The van der Waals surface area contributed by atoms with Crippen LogP contribution in [0, 0.1) is 0 Å². The van der Waals surface area contributed by atoms with Gasteiger partial charge in [-0.2, -0.15) is 0 Å². The zero-order valence-corrected chi connectivity index (χ0v) is 68.0. The molecule has 0 unspecified atom stereocenters. The van der Waals surface area contributed by atoms with E-state index in [4.69, 9.17) is 24.9 Å². The van der Waals surface area contributed by atoms with Crippen LogP contribution in [0.25, 0.3) is 235 Å². The summed E-state index contributed by atoms with van der Waals surface area (Å²) in [4.78, 5) is 27.1. The first-order valence-electron chi connectivity index (χ1n) is 41.5. The average Bonchev–Trinajstić information content (AvgIpc) is 1.55. The van der Waals surface area contributed by atoms with Gasteiger partial charge in [-0.3, -0.25) is 0 Å². The predicted molar refractivity (Wildman–Crippen MR) is 511 cm³/mol. The second kappa shape index (κ2) is 27.4. The summed E-state index contributed by atoms with van der Waals surface area (Å²) in [5.74, 6) is 2.56. The Morgan fingerprint density at radius 1 is 0.205 bits per heavy atom. The van der Waals surface area contributed by atoms with Crippen LogP contribution in [-0.4, -0.2) is 38.6 Å². The van der Waals surface area contributed by atoms with Crippen LogP contribution in [-0.2, 0) is 5.41 Å². The van der Waals surface area contributed by atoms with E-state index in [9.17, 15) is 0 Å². The van der Waals surface area contributed by atoms with Gasteiger partial charge in [0.25, 0.3) is 0 Å². The molecule has 0 fully saturated rings. The number of para-hydroxylation sites is 2. The van der Waals surface area contributed by atoms with E-state index in [-0.39, 0.29) is 5.41 Å². The van der Waals surface area contributed by atoms with Crippen molar-refractivity contribution >= 4 is 128 Å². The maximum atomic E-state index is 5.71. The molecule has 7 aromatic heterocycles. The minimum atomic E-state index is -0.178. The second-order valence-corrected chi connectivity index (χ2v) is 34.7. The largest absolute Gasteiger partial charge is 0.309 e. The highest BCUT2D eigenvalue weighted by Crippen LogP contribution is 2.53. The summed E-state index contributed by atoms with van der Waals surface area (Å²) in [5.41, 5.74) is 29.4. The first kappa shape index (κ1) is 69.8. The van der Waals surface area contributed by atoms with Crippen LogP contribution >= 0.6 is 22.7 Å². The van der Waals surface area contributed by atoms with E-state index in [1.165, 1.54) is 85.8 Å². The molecule has 0 spiro atoms. The normalized spacial score (nSPS) is 12.6. The lowest BCUT2D eigenvalue weighted by Crippen LogP contribution is -2.14. The number of hydrogen-bond acceptors (Lipinski definition) is 7. The Morgan fingerprint density at radius 3 is 1.20 bits per heavy atom. The van der Waals surface area contributed by atoms with Crippen molar-refractivity contribution in [3.05, 3.63) is 399 Å². The molecule has 25 rings (SSSR count). The number of thiophene rings is 2. The van der Waals surface area contributed by atoms with Gasteiger partial charge in [-0.15, -0.1) is 22.7 Å². The Balaban J connectivity index is 0.597. The molecule has 24 aromatic rings. The molecule has 1 aliphatic carbocycles. The van der Waals surface area contributed by atoms with Crippen LogP contribution in [0.2, 0.25) is 0 Å². The van der Waals surface area contributed by atoms with E-state index < -0.39 is 0 Å². The van der Waals surface area contributed by atoms with Crippen molar-refractivity contribution < 1.29 is 0 Å². The highest BCUT2D eigenvalue weighted by Gasteiger charge is 2.37. The topological polar surface area (TPSA) is 79.2 Å². The van der Waals surface area contributed by atoms with Crippen molar-refractivity contribution in [2.24, 2.45) is 0 Å². The van der Waals surface area contributed by atoms with Crippen molar-refractivity contribution in [1.82, 2.24) is 38.6 Å². The van der Waals surface area contributed by atoms with Gasteiger partial charge in [-0.05, 0) is 171 Å². The zero-order valence-electron chi connectivity index (χ0n) is 66.3. The number of rotatable bonds is 12. The molecular weight excluding hydrogens is 1520 g/mol. The van der Waals surface area contributed by atoms with Crippen LogP contribution in [0.5, 0.6) is 0 Å².